The van der Waals surface area contributed by atoms with Gasteiger partial charge in [-0.25, -0.2) is 0 Å². The quantitative estimate of drug-likeness (QED) is 0.519. The molecule has 0 aromatic rings. The van der Waals surface area contributed by atoms with E-state index in [0.717, 1.165) is 6.42 Å². The van der Waals surface area contributed by atoms with Crippen LogP contribution < -0.4 is 5.32 Å². The predicted molar refractivity (Wildman–Crippen MR) is 39.6 cm³/mol. The molecule has 0 aromatic heterocycles. The Morgan fingerprint density at radius 2 is 2.56 bits per heavy atom. The maximum atomic E-state index is 10.6. The molecule has 1 saturated heterocycles. The van der Waals surface area contributed by atoms with Crippen molar-refractivity contribution in [3.05, 3.63) is 0 Å². The molecule has 9 heavy (non-hydrogen) atoms. The van der Waals surface area contributed by atoms with Crippen molar-refractivity contribution in [1.82, 2.24) is 5.32 Å². The zero-order valence-electron chi connectivity index (χ0n) is 5.42. The monoisotopic (exact) mass is 145 g/mol. The summed E-state index contributed by atoms with van der Waals surface area (Å²) in [4.78, 5) is 10.6. The van der Waals surface area contributed by atoms with Crippen LogP contribution in [0.1, 0.15) is 19.8 Å². The third-order valence-electron chi connectivity index (χ3n) is 1.61. The van der Waals surface area contributed by atoms with Gasteiger partial charge in [0.25, 0.3) is 0 Å². The Kier molecular flexibility index (Phi) is 2.01. The van der Waals surface area contributed by atoms with Crippen molar-refractivity contribution >= 4 is 18.5 Å². The Labute approximate surface area is 60.4 Å². The standard InChI is InChI=1S/C6H11NOS/c1-4(9)5-2-3-6(8)7-5/h4-5,9H,2-3H2,1H3,(H,7,8). The Morgan fingerprint density at radius 1 is 1.89 bits per heavy atom. The van der Waals surface area contributed by atoms with E-state index in [9.17, 15) is 4.79 Å². The van der Waals surface area contributed by atoms with E-state index in [4.69, 9.17) is 0 Å². The molecule has 3 heteroatoms. The molecule has 0 spiro atoms. The van der Waals surface area contributed by atoms with E-state index in [1.165, 1.54) is 0 Å². The van der Waals surface area contributed by atoms with Crippen LogP contribution >= 0.6 is 12.6 Å². The summed E-state index contributed by atoms with van der Waals surface area (Å²) < 4.78 is 0. The molecule has 2 nitrogen and oxygen atoms in total. The molecule has 0 aliphatic carbocycles. The van der Waals surface area contributed by atoms with E-state index in [1.807, 2.05) is 6.92 Å². The van der Waals surface area contributed by atoms with Gasteiger partial charge >= 0.3 is 0 Å². The summed E-state index contributed by atoms with van der Waals surface area (Å²) in [6.07, 6.45) is 1.62. The van der Waals surface area contributed by atoms with Gasteiger partial charge in [-0.3, -0.25) is 4.79 Å². The van der Waals surface area contributed by atoms with E-state index >= 15 is 0 Å². The fourth-order valence-corrected chi connectivity index (χ4v) is 1.22. The van der Waals surface area contributed by atoms with Gasteiger partial charge in [-0.1, -0.05) is 6.92 Å². The zero-order chi connectivity index (χ0) is 6.85. The molecular weight excluding hydrogens is 134 g/mol. The van der Waals surface area contributed by atoms with E-state index in [0.29, 0.717) is 12.5 Å². The van der Waals surface area contributed by atoms with E-state index in [2.05, 4.69) is 17.9 Å². The van der Waals surface area contributed by atoms with Gasteiger partial charge in [0.05, 0.1) is 0 Å². The molecule has 2 unspecified atom stereocenters. The Bertz CT molecular complexity index is 124. The van der Waals surface area contributed by atoms with Crippen LogP contribution in [0.4, 0.5) is 0 Å². The molecule has 1 amide bonds. The number of hydrogen-bond donors (Lipinski definition) is 2. The van der Waals surface area contributed by atoms with E-state index in [1.54, 1.807) is 0 Å². The summed E-state index contributed by atoms with van der Waals surface area (Å²) in [5, 5.41) is 3.13. The van der Waals surface area contributed by atoms with Crippen molar-refractivity contribution in [3.63, 3.8) is 0 Å². The summed E-state index contributed by atoms with van der Waals surface area (Å²) in [5.74, 6) is 0.168. The number of carbonyl (C=O) groups is 1. The van der Waals surface area contributed by atoms with Gasteiger partial charge in [-0.2, -0.15) is 12.6 Å². The average Bonchev–Trinajstić information content (AvgIpc) is 2.14. The summed E-state index contributed by atoms with van der Waals surface area (Å²) in [6.45, 7) is 2.00. The van der Waals surface area contributed by atoms with E-state index in [-0.39, 0.29) is 11.2 Å². The SMILES string of the molecule is CC(S)C1CCC(=O)N1. The Hall–Kier alpha value is -0.180. The highest BCUT2D eigenvalue weighted by Gasteiger charge is 2.23. The highest BCUT2D eigenvalue weighted by molar-refractivity contribution is 7.81. The summed E-state index contributed by atoms with van der Waals surface area (Å²) in [5.41, 5.74) is 0. The first-order chi connectivity index (χ1) is 4.20. The first kappa shape index (κ1) is 6.93. The molecule has 1 aliphatic rings. The van der Waals surface area contributed by atoms with Gasteiger partial charge in [0.2, 0.25) is 5.91 Å². The van der Waals surface area contributed by atoms with Crippen molar-refractivity contribution < 1.29 is 4.79 Å². The molecule has 0 saturated carbocycles. The molecule has 1 N–H and O–H groups in total. The van der Waals surface area contributed by atoms with Crippen LogP contribution in [-0.2, 0) is 4.79 Å². The van der Waals surface area contributed by atoms with Crippen LogP contribution in [0.15, 0.2) is 0 Å². The van der Waals surface area contributed by atoms with Gasteiger partial charge in [0.15, 0.2) is 0 Å². The van der Waals surface area contributed by atoms with Gasteiger partial charge in [0, 0.05) is 17.7 Å². The number of rotatable bonds is 1. The molecule has 0 radical (unpaired) electrons. The average molecular weight is 145 g/mol. The van der Waals surface area contributed by atoms with Crippen molar-refractivity contribution in [1.29, 1.82) is 0 Å². The maximum absolute atomic E-state index is 10.6. The summed E-state index contributed by atoms with van der Waals surface area (Å²) >= 11 is 4.22. The maximum Gasteiger partial charge on any atom is 0.220 e. The third kappa shape index (κ3) is 1.61. The molecular formula is C6H11NOS. The molecule has 1 heterocycles. The number of hydrogen-bond acceptors (Lipinski definition) is 2. The van der Waals surface area contributed by atoms with Crippen LogP contribution in [0.25, 0.3) is 0 Å². The van der Waals surface area contributed by atoms with Gasteiger partial charge in [0.1, 0.15) is 0 Å². The molecule has 2 atom stereocenters. The highest BCUT2D eigenvalue weighted by atomic mass is 32.1. The minimum atomic E-state index is 0.168. The number of nitrogens with one attached hydrogen (secondary N) is 1. The van der Waals surface area contributed by atoms with Gasteiger partial charge in [-0.15, -0.1) is 0 Å². The van der Waals surface area contributed by atoms with Crippen molar-refractivity contribution in [2.75, 3.05) is 0 Å². The second-order valence-corrected chi connectivity index (χ2v) is 3.27. The number of amides is 1. The lowest BCUT2D eigenvalue weighted by Crippen LogP contribution is -2.31. The second kappa shape index (κ2) is 2.60. The lowest BCUT2D eigenvalue weighted by Gasteiger charge is -2.11. The van der Waals surface area contributed by atoms with Crippen molar-refractivity contribution in [2.45, 2.75) is 31.1 Å². The smallest absolute Gasteiger partial charge is 0.220 e. The van der Waals surface area contributed by atoms with Crippen LogP contribution in [-0.4, -0.2) is 17.2 Å². The molecule has 0 bridgehead atoms. The predicted octanol–water partition coefficient (Wildman–Crippen LogP) is 0.583. The van der Waals surface area contributed by atoms with Crippen LogP contribution in [0, 0.1) is 0 Å². The molecule has 1 aliphatic heterocycles. The first-order valence-corrected chi connectivity index (χ1v) is 3.69. The van der Waals surface area contributed by atoms with Gasteiger partial charge < -0.3 is 5.32 Å². The third-order valence-corrected chi connectivity index (χ3v) is 1.97. The first-order valence-electron chi connectivity index (χ1n) is 3.17. The number of carbonyl (C=O) groups excluding carboxylic acids is 1. The lowest BCUT2D eigenvalue weighted by atomic mass is 10.2. The topological polar surface area (TPSA) is 29.1 Å². The molecule has 52 valence electrons. The van der Waals surface area contributed by atoms with Crippen molar-refractivity contribution in [3.8, 4) is 0 Å². The van der Waals surface area contributed by atoms with E-state index < -0.39 is 0 Å². The zero-order valence-corrected chi connectivity index (χ0v) is 6.32. The van der Waals surface area contributed by atoms with Crippen molar-refractivity contribution in [2.24, 2.45) is 0 Å². The fraction of sp³-hybridized carbons (Fsp3) is 0.833. The van der Waals surface area contributed by atoms with Gasteiger partial charge in [-0.05, 0) is 6.42 Å². The Morgan fingerprint density at radius 3 is 2.78 bits per heavy atom. The minimum absolute atomic E-state index is 0.168. The summed E-state index contributed by atoms with van der Waals surface area (Å²) in [6, 6.07) is 0.306. The van der Waals surface area contributed by atoms with Crippen LogP contribution in [0.3, 0.4) is 0 Å². The minimum Gasteiger partial charge on any atom is -0.352 e. The largest absolute Gasteiger partial charge is 0.352 e. The molecule has 0 aromatic carbocycles. The number of thiol groups is 1. The van der Waals surface area contributed by atoms with Crippen LogP contribution in [0.5, 0.6) is 0 Å². The highest BCUT2D eigenvalue weighted by Crippen LogP contribution is 2.13. The lowest BCUT2D eigenvalue weighted by molar-refractivity contribution is -0.119. The Balaban J connectivity index is 2.39. The molecule has 1 fully saturated rings. The normalized spacial score (nSPS) is 30.0. The summed E-state index contributed by atoms with van der Waals surface area (Å²) in [7, 11) is 0. The second-order valence-electron chi connectivity index (χ2n) is 2.45. The molecule has 1 rings (SSSR count). The van der Waals surface area contributed by atoms with Crippen LogP contribution in [0.2, 0.25) is 0 Å². The fourth-order valence-electron chi connectivity index (χ4n) is 1.000.